The molecule has 0 heterocycles. The molecule has 2 N–H and O–H groups in total. The Kier molecular flexibility index (Phi) is 13.5. The second-order valence-electron chi connectivity index (χ2n) is 9.17. The Morgan fingerprint density at radius 2 is 1.20 bits per heavy atom. The van der Waals surface area contributed by atoms with Gasteiger partial charge in [0.15, 0.2) is 0 Å². The minimum absolute atomic E-state index is 0.172. The standard InChI is InChI=1S/C14H19BrO3.C14H20O3/c1-4-18-14(17)11(7-9(2)3)10-5-6-13(16)12(15)8-10;1-4-17-14(16)13(9-10(2)3)11-5-7-12(15)8-6-11/h5-6,8-9,11,16H,4,7H2,1-3H3;5-8,10,13,15H,4,9H2,1-3H3. The Bertz CT molecular complexity index is 924. The molecule has 194 valence electrons. The van der Waals surface area contributed by atoms with E-state index in [1.165, 1.54) is 0 Å². The van der Waals surface area contributed by atoms with Gasteiger partial charge in [-0.3, -0.25) is 9.59 Å². The van der Waals surface area contributed by atoms with Crippen molar-refractivity contribution in [3.05, 3.63) is 58.1 Å². The number of carbonyl (C=O) groups excluding carboxylic acids is 2. The van der Waals surface area contributed by atoms with E-state index in [4.69, 9.17) is 9.47 Å². The molecule has 0 aromatic heterocycles. The van der Waals surface area contributed by atoms with Crippen LogP contribution in [0.1, 0.15) is 77.3 Å². The number of carbonyl (C=O) groups is 2. The number of rotatable bonds is 10. The summed E-state index contributed by atoms with van der Waals surface area (Å²) >= 11 is 3.27. The molecule has 7 heteroatoms. The Morgan fingerprint density at radius 3 is 1.60 bits per heavy atom. The number of benzene rings is 2. The Morgan fingerprint density at radius 1 is 0.771 bits per heavy atom. The lowest BCUT2D eigenvalue weighted by atomic mass is 9.90. The van der Waals surface area contributed by atoms with Gasteiger partial charge in [-0.1, -0.05) is 45.9 Å². The molecule has 2 aromatic rings. The summed E-state index contributed by atoms with van der Waals surface area (Å²) in [4.78, 5) is 23.9. The van der Waals surface area contributed by atoms with Crippen molar-refractivity contribution in [1.82, 2.24) is 0 Å². The van der Waals surface area contributed by atoms with Crippen LogP contribution < -0.4 is 0 Å². The Balaban J connectivity index is 0.000000351. The molecule has 2 aromatic carbocycles. The quantitative estimate of drug-likeness (QED) is 0.311. The number of ether oxygens (including phenoxy) is 2. The number of halogens is 1. The lowest BCUT2D eigenvalue weighted by molar-refractivity contribution is -0.146. The van der Waals surface area contributed by atoms with Crippen molar-refractivity contribution in [3.8, 4) is 11.5 Å². The van der Waals surface area contributed by atoms with E-state index in [0.29, 0.717) is 29.5 Å². The van der Waals surface area contributed by atoms with E-state index in [9.17, 15) is 19.8 Å². The molecule has 2 rings (SSSR count). The molecule has 0 aliphatic rings. The topological polar surface area (TPSA) is 93.1 Å². The van der Waals surface area contributed by atoms with Gasteiger partial charge in [0, 0.05) is 0 Å². The fourth-order valence-electron chi connectivity index (χ4n) is 3.61. The van der Waals surface area contributed by atoms with Gasteiger partial charge in [0.2, 0.25) is 0 Å². The van der Waals surface area contributed by atoms with Gasteiger partial charge in [0.25, 0.3) is 0 Å². The normalized spacial score (nSPS) is 12.5. The Hall–Kier alpha value is -2.54. The molecule has 2 atom stereocenters. The summed E-state index contributed by atoms with van der Waals surface area (Å²) in [6.45, 7) is 12.7. The summed E-state index contributed by atoms with van der Waals surface area (Å²) in [5.74, 6) is 0.282. The van der Waals surface area contributed by atoms with Crippen LogP contribution >= 0.6 is 15.9 Å². The molecule has 0 aliphatic heterocycles. The van der Waals surface area contributed by atoms with Crippen LogP contribution in [0, 0.1) is 11.8 Å². The molecule has 0 amide bonds. The number of phenols is 2. The van der Waals surface area contributed by atoms with Crippen LogP contribution in [-0.4, -0.2) is 35.4 Å². The maximum absolute atomic E-state index is 12.0. The molecular formula is C28H39BrO6. The summed E-state index contributed by atoms with van der Waals surface area (Å²) in [6, 6.07) is 11.9. The third-order valence-electron chi connectivity index (χ3n) is 5.23. The zero-order valence-electron chi connectivity index (χ0n) is 21.6. The zero-order chi connectivity index (χ0) is 26.5. The van der Waals surface area contributed by atoms with Gasteiger partial charge in [0.05, 0.1) is 29.5 Å². The number of phenolic OH excluding ortho intramolecular Hbond substituents is 2. The van der Waals surface area contributed by atoms with Crippen LogP contribution in [0.4, 0.5) is 0 Å². The summed E-state index contributed by atoms with van der Waals surface area (Å²) in [5, 5.41) is 18.7. The molecule has 0 bridgehead atoms. The number of hydrogen-bond donors (Lipinski definition) is 2. The minimum Gasteiger partial charge on any atom is -0.508 e. The van der Waals surface area contributed by atoms with Crippen LogP contribution in [0.15, 0.2) is 46.9 Å². The highest BCUT2D eigenvalue weighted by atomic mass is 79.9. The van der Waals surface area contributed by atoms with Crippen LogP contribution in [-0.2, 0) is 19.1 Å². The van der Waals surface area contributed by atoms with Gasteiger partial charge in [-0.05, 0) is 89.8 Å². The number of aromatic hydroxyl groups is 2. The average Bonchev–Trinajstić information content (AvgIpc) is 2.79. The first-order valence-electron chi connectivity index (χ1n) is 12.1. The van der Waals surface area contributed by atoms with E-state index >= 15 is 0 Å². The molecule has 0 saturated heterocycles. The maximum Gasteiger partial charge on any atom is 0.313 e. The van der Waals surface area contributed by atoms with Gasteiger partial charge < -0.3 is 19.7 Å². The summed E-state index contributed by atoms with van der Waals surface area (Å²) in [6.07, 6.45) is 1.49. The molecule has 0 spiro atoms. The molecule has 0 saturated carbocycles. The van der Waals surface area contributed by atoms with Crippen molar-refractivity contribution in [3.63, 3.8) is 0 Å². The highest BCUT2D eigenvalue weighted by Gasteiger charge is 2.24. The highest BCUT2D eigenvalue weighted by molar-refractivity contribution is 9.10. The van der Waals surface area contributed by atoms with Crippen molar-refractivity contribution in [1.29, 1.82) is 0 Å². The molecule has 2 unspecified atom stereocenters. The number of hydrogen-bond acceptors (Lipinski definition) is 6. The average molecular weight is 552 g/mol. The van der Waals surface area contributed by atoms with Crippen LogP contribution in [0.5, 0.6) is 11.5 Å². The van der Waals surface area contributed by atoms with Crippen LogP contribution in [0.2, 0.25) is 0 Å². The van der Waals surface area contributed by atoms with E-state index in [2.05, 4.69) is 43.6 Å². The van der Waals surface area contributed by atoms with E-state index in [1.54, 1.807) is 56.3 Å². The van der Waals surface area contributed by atoms with E-state index in [1.807, 2.05) is 0 Å². The second kappa shape index (κ2) is 15.5. The van der Waals surface area contributed by atoms with Crippen molar-refractivity contribution in [2.75, 3.05) is 13.2 Å². The van der Waals surface area contributed by atoms with Gasteiger partial charge in [-0.2, -0.15) is 0 Å². The minimum atomic E-state index is -0.276. The van der Waals surface area contributed by atoms with Gasteiger partial charge >= 0.3 is 11.9 Å². The van der Waals surface area contributed by atoms with Crippen molar-refractivity contribution in [2.45, 2.75) is 66.2 Å². The largest absolute Gasteiger partial charge is 0.508 e. The fourth-order valence-corrected chi connectivity index (χ4v) is 4.01. The lowest BCUT2D eigenvalue weighted by Gasteiger charge is -2.18. The van der Waals surface area contributed by atoms with Gasteiger partial charge in [0.1, 0.15) is 11.5 Å². The predicted octanol–water partition coefficient (Wildman–Crippen LogP) is 6.93. The van der Waals surface area contributed by atoms with E-state index < -0.39 is 0 Å². The van der Waals surface area contributed by atoms with Crippen molar-refractivity contribution < 1.29 is 29.3 Å². The summed E-state index contributed by atoms with van der Waals surface area (Å²) in [5.41, 5.74) is 1.77. The second-order valence-corrected chi connectivity index (χ2v) is 10.0. The third-order valence-corrected chi connectivity index (χ3v) is 5.86. The number of esters is 2. The van der Waals surface area contributed by atoms with Crippen LogP contribution in [0.25, 0.3) is 0 Å². The molecule has 0 radical (unpaired) electrons. The van der Waals surface area contributed by atoms with Gasteiger partial charge in [-0.25, -0.2) is 0 Å². The Labute approximate surface area is 217 Å². The fraction of sp³-hybridized carbons (Fsp3) is 0.500. The highest BCUT2D eigenvalue weighted by Crippen LogP contribution is 2.31. The summed E-state index contributed by atoms with van der Waals surface area (Å²) < 4.78 is 10.8. The van der Waals surface area contributed by atoms with E-state index in [-0.39, 0.29) is 35.3 Å². The van der Waals surface area contributed by atoms with Gasteiger partial charge in [-0.15, -0.1) is 0 Å². The molecular weight excluding hydrogens is 512 g/mol. The van der Waals surface area contributed by atoms with Crippen molar-refractivity contribution in [2.24, 2.45) is 11.8 Å². The lowest BCUT2D eigenvalue weighted by Crippen LogP contribution is -2.18. The third kappa shape index (κ3) is 10.7. The van der Waals surface area contributed by atoms with Crippen LogP contribution in [0.3, 0.4) is 0 Å². The molecule has 0 fully saturated rings. The van der Waals surface area contributed by atoms with Crippen molar-refractivity contribution >= 4 is 27.9 Å². The smallest absolute Gasteiger partial charge is 0.313 e. The first-order valence-corrected chi connectivity index (χ1v) is 12.9. The molecule has 35 heavy (non-hydrogen) atoms. The zero-order valence-corrected chi connectivity index (χ0v) is 23.2. The monoisotopic (exact) mass is 550 g/mol. The predicted molar refractivity (Wildman–Crippen MR) is 142 cm³/mol. The SMILES string of the molecule is CCOC(=O)C(CC(C)C)c1ccc(O)c(Br)c1.CCOC(=O)C(CC(C)C)c1ccc(O)cc1. The first kappa shape index (κ1) is 30.5. The maximum atomic E-state index is 12.0. The molecule has 6 nitrogen and oxygen atoms in total. The first-order chi connectivity index (χ1) is 16.5. The van der Waals surface area contributed by atoms with E-state index in [0.717, 1.165) is 24.0 Å². The molecule has 0 aliphatic carbocycles. The summed E-state index contributed by atoms with van der Waals surface area (Å²) in [7, 11) is 0.